The van der Waals surface area contributed by atoms with Crippen molar-refractivity contribution in [2.45, 2.75) is 52.2 Å². The van der Waals surface area contributed by atoms with E-state index in [1.807, 2.05) is 4.90 Å². The minimum atomic E-state index is 0. The lowest BCUT2D eigenvalue weighted by atomic mass is 10.1. The average Bonchev–Trinajstić information content (AvgIpc) is 3.43. The van der Waals surface area contributed by atoms with Crippen molar-refractivity contribution in [1.29, 1.82) is 0 Å². The molecule has 2 aromatic rings. The molecule has 0 aliphatic carbocycles. The number of amides is 1. The highest BCUT2D eigenvalue weighted by Gasteiger charge is 2.23. The van der Waals surface area contributed by atoms with Crippen LogP contribution >= 0.6 is 24.0 Å². The summed E-state index contributed by atoms with van der Waals surface area (Å²) < 4.78 is 0. The second-order valence-electron chi connectivity index (χ2n) is 8.84. The number of carbonyl (C=O) groups is 1. The second-order valence-corrected chi connectivity index (χ2v) is 8.84. The zero-order valence-electron chi connectivity index (χ0n) is 19.7. The summed E-state index contributed by atoms with van der Waals surface area (Å²) in [6.45, 7) is 9.32. The van der Waals surface area contributed by atoms with Crippen molar-refractivity contribution >= 4 is 41.5 Å². The molecule has 2 aromatic carbocycles. The van der Waals surface area contributed by atoms with Crippen molar-refractivity contribution in [2.24, 2.45) is 4.99 Å². The Morgan fingerprint density at radius 3 is 2.45 bits per heavy atom. The Morgan fingerprint density at radius 2 is 1.79 bits per heavy atom. The Bertz CT molecular complexity index is 929. The number of aliphatic imine (C=N–C) groups is 1. The smallest absolute Gasteiger partial charge is 0.222 e. The van der Waals surface area contributed by atoms with Gasteiger partial charge in [0.25, 0.3) is 0 Å². The van der Waals surface area contributed by atoms with Crippen molar-refractivity contribution in [1.82, 2.24) is 15.5 Å². The molecule has 4 rings (SSSR count). The maximum absolute atomic E-state index is 11.8. The van der Waals surface area contributed by atoms with Gasteiger partial charge in [0.15, 0.2) is 5.96 Å². The molecule has 2 heterocycles. The monoisotopic (exact) mass is 561 g/mol. The van der Waals surface area contributed by atoms with E-state index >= 15 is 0 Å². The Morgan fingerprint density at radius 1 is 1.06 bits per heavy atom. The maximum atomic E-state index is 11.8. The minimum Gasteiger partial charge on any atom is -0.369 e. The van der Waals surface area contributed by atoms with Crippen LogP contribution in [-0.2, 0) is 17.9 Å². The van der Waals surface area contributed by atoms with Gasteiger partial charge in [0.2, 0.25) is 5.91 Å². The topological polar surface area (TPSA) is 60.0 Å². The first-order valence-electron chi connectivity index (χ1n) is 11.8. The zero-order chi connectivity index (χ0) is 22.3. The quantitative estimate of drug-likeness (QED) is 0.304. The first-order valence-corrected chi connectivity index (χ1v) is 11.8. The van der Waals surface area contributed by atoms with Crippen LogP contribution in [0.3, 0.4) is 0 Å². The Kier molecular flexibility index (Phi) is 9.41. The number of nitrogens with zero attached hydrogens (tertiary/aromatic N) is 3. The van der Waals surface area contributed by atoms with Crippen LogP contribution in [0.5, 0.6) is 0 Å². The summed E-state index contributed by atoms with van der Waals surface area (Å²) in [5.74, 6) is 1.14. The summed E-state index contributed by atoms with van der Waals surface area (Å²) in [4.78, 5) is 21.0. The van der Waals surface area contributed by atoms with E-state index in [1.54, 1.807) is 0 Å². The van der Waals surface area contributed by atoms with Crippen molar-refractivity contribution in [2.75, 3.05) is 31.1 Å². The van der Waals surface area contributed by atoms with Gasteiger partial charge >= 0.3 is 0 Å². The third-order valence-electron chi connectivity index (χ3n) is 6.26. The number of carbonyl (C=O) groups excluding carboxylic acids is 1. The fourth-order valence-electron chi connectivity index (χ4n) is 4.39. The molecule has 33 heavy (non-hydrogen) atoms. The molecule has 0 spiro atoms. The van der Waals surface area contributed by atoms with Crippen LogP contribution in [0.2, 0.25) is 0 Å². The lowest BCUT2D eigenvalue weighted by Gasteiger charge is -2.20. The molecule has 2 aliphatic rings. The number of rotatable bonds is 7. The SMILES string of the molecule is CCNC(=NCc1ccc(CN2CCCC2=O)cc1)NC1CCN(c2ccc(C)cc2)C1.I. The summed E-state index contributed by atoms with van der Waals surface area (Å²) >= 11 is 0. The lowest BCUT2D eigenvalue weighted by molar-refractivity contribution is -0.128. The molecule has 0 saturated carbocycles. The van der Waals surface area contributed by atoms with Gasteiger partial charge < -0.3 is 20.4 Å². The molecule has 2 fully saturated rings. The van der Waals surface area contributed by atoms with Crippen LogP contribution in [-0.4, -0.2) is 49.0 Å². The highest BCUT2D eigenvalue weighted by molar-refractivity contribution is 14.0. The molecule has 7 heteroatoms. The molecule has 6 nitrogen and oxygen atoms in total. The van der Waals surface area contributed by atoms with E-state index in [-0.39, 0.29) is 29.9 Å². The molecular formula is C26H36IN5O. The molecule has 2 aliphatic heterocycles. The van der Waals surface area contributed by atoms with Gasteiger partial charge in [0.1, 0.15) is 0 Å². The number of guanidine groups is 1. The van der Waals surface area contributed by atoms with Gasteiger partial charge in [-0.05, 0) is 49.9 Å². The van der Waals surface area contributed by atoms with E-state index in [9.17, 15) is 4.79 Å². The van der Waals surface area contributed by atoms with Crippen molar-refractivity contribution in [3.8, 4) is 0 Å². The number of anilines is 1. The van der Waals surface area contributed by atoms with Crippen molar-refractivity contribution in [3.63, 3.8) is 0 Å². The van der Waals surface area contributed by atoms with Gasteiger partial charge in [-0.3, -0.25) is 4.79 Å². The summed E-state index contributed by atoms with van der Waals surface area (Å²) in [7, 11) is 0. The van der Waals surface area contributed by atoms with E-state index < -0.39 is 0 Å². The molecule has 1 atom stereocenters. The number of nitrogens with one attached hydrogen (secondary N) is 2. The number of hydrogen-bond donors (Lipinski definition) is 2. The van der Waals surface area contributed by atoms with Crippen LogP contribution in [0.15, 0.2) is 53.5 Å². The molecule has 1 amide bonds. The van der Waals surface area contributed by atoms with Gasteiger partial charge in [0.05, 0.1) is 6.54 Å². The third kappa shape index (κ3) is 7.09. The summed E-state index contributed by atoms with van der Waals surface area (Å²) in [5, 5.41) is 7.00. The highest BCUT2D eigenvalue weighted by Crippen LogP contribution is 2.21. The standard InChI is InChI=1S/C26H35N5O.HI/c1-3-27-26(29-23-14-16-30(19-23)24-12-6-20(2)7-13-24)28-17-21-8-10-22(11-9-21)18-31-15-4-5-25(31)32;/h6-13,23H,3-5,14-19H2,1-2H3,(H2,27,28,29);1H. The van der Waals surface area contributed by atoms with Crippen LogP contribution in [0.1, 0.15) is 42.9 Å². The summed E-state index contributed by atoms with van der Waals surface area (Å²) in [6, 6.07) is 17.6. The van der Waals surface area contributed by atoms with Gasteiger partial charge in [-0.2, -0.15) is 0 Å². The third-order valence-corrected chi connectivity index (χ3v) is 6.26. The molecular weight excluding hydrogens is 525 g/mol. The molecule has 1 unspecified atom stereocenters. The van der Waals surface area contributed by atoms with E-state index in [0.29, 0.717) is 25.6 Å². The van der Waals surface area contributed by atoms with Crippen molar-refractivity contribution < 1.29 is 4.79 Å². The van der Waals surface area contributed by atoms with Crippen LogP contribution in [0, 0.1) is 6.92 Å². The fourth-order valence-corrected chi connectivity index (χ4v) is 4.39. The first kappa shape index (κ1) is 25.3. The zero-order valence-corrected chi connectivity index (χ0v) is 22.0. The molecule has 2 N–H and O–H groups in total. The van der Waals surface area contributed by atoms with E-state index in [2.05, 4.69) is 77.9 Å². The Labute approximate surface area is 214 Å². The largest absolute Gasteiger partial charge is 0.369 e. The van der Waals surface area contributed by atoms with Crippen LogP contribution < -0.4 is 15.5 Å². The molecule has 0 aromatic heterocycles. The maximum Gasteiger partial charge on any atom is 0.222 e. The number of halogens is 1. The lowest BCUT2D eigenvalue weighted by Crippen LogP contribution is -2.44. The summed E-state index contributed by atoms with van der Waals surface area (Å²) in [6.07, 6.45) is 2.77. The van der Waals surface area contributed by atoms with E-state index in [0.717, 1.165) is 45.0 Å². The minimum absolute atomic E-state index is 0. The number of benzene rings is 2. The first-order chi connectivity index (χ1) is 15.6. The number of hydrogen-bond acceptors (Lipinski definition) is 3. The van der Waals surface area contributed by atoms with Gasteiger partial charge in [-0.25, -0.2) is 4.99 Å². The molecule has 178 valence electrons. The fraction of sp³-hybridized carbons (Fsp3) is 0.462. The molecule has 0 radical (unpaired) electrons. The van der Waals surface area contributed by atoms with Crippen molar-refractivity contribution in [3.05, 3.63) is 65.2 Å². The number of aryl methyl sites for hydroxylation is 1. The molecule has 0 bridgehead atoms. The van der Waals surface area contributed by atoms with Gasteiger partial charge in [-0.15, -0.1) is 24.0 Å². The number of likely N-dealkylation sites (tertiary alicyclic amines) is 1. The van der Waals surface area contributed by atoms with Gasteiger partial charge in [-0.1, -0.05) is 42.0 Å². The molecule has 2 saturated heterocycles. The average molecular weight is 562 g/mol. The Balaban J connectivity index is 0.00000306. The van der Waals surface area contributed by atoms with E-state index in [4.69, 9.17) is 4.99 Å². The highest BCUT2D eigenvalue weighted by atomic mass is 127. The predicted molar refractivity (Wildman–Crippen MR) is 146 cm³/mol. The van der Waals surface area contributed by atoms with Crippen LogP contribution in [0.4, 0.5) is 5.69 Å². The normalized spacial score (nSPS) is 18.4. The van der Waals surface area contributed by atoms with Crippen LogP contribution in [0.25, 0.3) is 0 Å². The predicted octanol–water partition coefficient (Wildman–Crippen LogP) is 4.07. The van der Waals surface area contributed by atoms with E-state index in [1.165, 1.54) is 22.4 Å². The second kappa shape index (κ2) is 12.3. The Hall–Kier alpha value is -2.29. The van der Waals surface area contributed by atoms with Gasteiger partial charge in [0, 0.05) is 50.9 Å². The summed E-state index contributed by atoms with van der Waals surface area (Å²) in [5.41, 5.74) is 4.94.